The van der Waals surface area contributed by atoms with Crippen molar-refractivity contribution in [2.24, 2.45) is 5.92 Å². The van der Waals surface area contributed by atoms with Crippen LogP contribution in [0.1, 0.15) is 18.4 Å². The van der Waals surface area contributed by atoms with Crippen LogP contribution >= 0.6 is 34.2 Å². The lowest BCUT2D eigenvalue weighted by atomic mass is 10.2. The fraction of sp³-hybridized carbons (Fsp3) is 0.364. The molecule has 0 aliphatic heterocycles. The van der Waals surface area contributed by atoms with Crippen molar-refractivity contribution in [1.29, 1.82) is 0 Å². The monoisotopic (exact) mass is 335 g/mol. The predicted molar refractivity (Wildman–Crippen MR) is 68.7 cm³/mol. The number of halogens is 2. The predicted octanol–water partition coefficient (Wildman–Crippen LogP) is 2.97. The lowest BCUT2D eigenvalue weighted by molar-refractivity contribution is -0.122. The summed E-state index contributed by atoms with van der Waals surface area (Å²) in [5.74, 6) is 0.414. The lowest BCUT2D eigenvalue weighted by Crippen LogP contribution is -2.24. The zero-order chi connectivity index (χ0) is 10.8. The van der Waals surface area contributed by atoms with Crippen LogP contribution in [-0.2, 0) is 11.3 Å². The van der Waals surface area contributed by atoms with E-state index < -0.39 is 0 Å². The normalized spacial score (nSPS) is 15.1. The van der Waals surface area contributed by atoms with Crippen molar-refractivity contribution in [3.63, 3.8) is 0 Å². The molecule has 1 aliphatic rings. The first kappa shape index (κ1) is 11.2. The zero-order valence-corrected chi connectivity index (χ0v) is 11.0. The molecule has 15 heavy (non-hydrogen) atoms. The van der Waals surface area contributed by atoms with Crippen molar-refractivity contribution in [2.45, 2.75) is 19.4 Å². The third-order valence-electron chi connectivity index (χ3n) is 2.42. The Kier molecular flexibility index (Phi) is 3.51. The molecule has 1 N–H and O–H groups in total. The molecule has 1 fully saturated rings. The summed E-state index contributed by atoms with van der Waals surface area (Å²) in [5, 5.41) is 3.62. The van der Waals surface area contributed by atoms with Gasteiger partial charge in [0.1, 0.15) is 0 Å². The van der Waals surface area contributed by atoms with Gasteiger partial charge in [0, 0.05) is 21.1 Å². The number of benzene rings is 1. The van der Waals surface area contributed by atoms with E-state index in [1.807, 2.05) is 18.2 Å². The lowest BCUT2D eigenvalue weighted by Gasteiger charge is -2.06. The molecular formula is C11H11ClINO. The van der Waals surface area contributed by atoms with Gasteiger partial charge in [-0.15, -0.1) is 0 Å². The molecule has 1 aromatic rings. The van der Waals surface area contributed by atoms with Crippen LogP contribution in [0.5, 0.6) is 0 Å². The average molecular weight is 336 g/mol. The summed E-state index contributed by atoms with van der Waals surface area (Å²) in [4.78, 5) is 11.4. The van der Waals surface area contributed by atoms with Gasteiger partial charge in [0.15, 0.2) is 0 Å². The van der Waals surface area contributed by atoms with Crippen molar-refractivity contribution < 1.29 is 4.79 Å². The van der Waals surface area contributed by atoms with Crippen LogP contribution in [0.3, 0.4) is 0 Å². The molecule has 2 rings (SSSR count). The molecule has 2 nitrogen and oxygen atoms in total. The summed E-state index contributed by atoms with van der Waals surface area (Å²) >= 11 is 8.26. The van der Waals surface area contributed by atoms with Gasteiger partial charge in [0.25, 0.3) is 0 Å². The van der Waals surface area contributed by atoms with Gasteiger partial charge in [0.05, 0.1) is 0 Å². The molecule has 0 saturated heterocycles. The SMILES string of the molecule is O=C(NCc1ccc(I)cc1Cl)C1CC1. The van der Waals surface area contributed by atoms with E-state index in [1.165, 1.54) is 0 Å². The van der Waals surface area contributed by atoms with E-state index in [0.717, 1.165) is 27.0 Å². The highest BCUT2D eigenvalue weighted by Crippen LogP contribution is 2.29. The molecule has 1 amide bonds. The van der Waals surface area contributed by atoms with Crippen LogP contribution in [0, 0.1) is 9.49 Å². The van der Waals surface area contributed by atoms with Crippen LogP contribution in [-0.4, -0.2) is 5.91 Å². The maximum atomic E-state index is 11.4. The highest BCUT2D eigenvalue weighted by Gasteiger charge is 2.29. The topological polar surface area (TPSA) is 29.1 Å². The minimum absolute atomic E-state index is 0.157. The number of amides is 1. The van der Waals surface area contributed by atoms with Gasteiger partial charge in [0.2, 0.25) is 5.91 Å². The van der Waals surface area contributed by atoms with Gasteiger partial charge in [-0.25, -0.2) is 0 Å². The Labute approximate surface area is 108 Å². The molecule has 0 aromatic heterocycles. The van der Waals surface area contributed by atoms with E-state index in [-0.39, 0.29) is 11.8 Å². The minimum atomic E-state index is 0.157. The Bertz CT molecular complexity index is 390. The molecule has 0 unspecified atom stereocenters. The van der Waals surface area contributed by atoms with E-state index in [9.17, 15) is 4.79 Å². The zero-order valence-electron chi connectivity index (χ0n) is 8.09. The molecule has 1 aromatic carbocycles. The first-order valence-corrected chi connectivity index (χ1v) is 6.34. The summed E-state index contributed by atoms with van der Waals surface area (Å²) in [6.45, 7) is 0.533. The number of nitrogens with one attached hydrogen (secondary N) is 1. The number of carbonyl (C=O) groups excluding carboxylic acids is 1. The molecule has 4 heteroatoms. The van der Waals surface area contributed by atoms with Crippen molar-refractivity contribution in [3.05, 3.63) is 32.4 Å². The third kappa shape index (κ3) is 3.08. The highest BCUT2D eigenvalue weighted by atomic mass is 127. The molecule has 0 heterocycles. The van der Waals surface area contributed by atoms with Gasteiger partial charge in [-0.2, -0.15) is 0 Å². The summed E-state index contributed by atoms with van der Waals surface area (Å²) in [6, 6.07) is 5.85. The molecule has 1 saturated carbocycles. The Balaban J connectivity index is 1.95. The van der Waals surface area contributed by atoms with E-state index >= 15 is 0 Å². The van der Waals surface area contributed by atoms with Gasteiger partial charge in [-0.1, -0.05) is 17.7 Å². The number of hydrogen-bond donors (Lipinski definition) is 1. The minimum Gasteiger partial charge on any atom is -0.352 e. The van der Waals surface area contributed by atoms with Gasteiger partial charge in [-0.3, -0.25) is 4.79 Å². The largest absolute Gasteiger partial charge is 0.352 e. The quantitative estimate of drug-likeness (QED) is 0.846. The molecule has 0 atom stereocenters. The van der Waals surface area contributed by atoms with Crippen molar-refractivity contribution in [2.75, 3.05) is 0 Å². The van der Waals surface area contributed by atoms with E-state index in [2.05, 4.69) is 27.9 Å². The fourth-order valence-electron chi connectivity index (χ4n) is 1.34. The van der Waals surface area contributed by atoms with E-state index in [4.69, 9.17) is 11.6 Å². The Morgan fingerprint density at radius 3 is 2.87 bits per heavy atom. The fourth-order valence-corrected chi connectivity index (χ4v) is 2.26. The third-order valence-corrected chi connectivity index (χ3v) is 3.44. The van der Waals surface area contributed by atoms with Crippen LogP contribution in [0.15, 0.2) is 18.2 Å². The second-order valence-corrected chi connectivity index (χ2v) is 5.38. The highest BCUT2D eigenvalue weighted by molar-refractivity contribution is 14.1. The Morgan fingerprint density at radius 2 is 2.27 bits per heavy atom. The van der Waals surface area contributed by atoms with E-state index in [0.29, 0.717) is 6.54 Å². The van der Waals surface area contributed by atoms with Crippen molar-refractivity contribution in [3.8, 4) is 0 Å². The van der Waals surface area contributed by atoms with Crippen LogP contribution < -0.4 is 5.32 Å². The molecule has 0 radical (unpaired) electrons. The molecule has 0 spiro atoms. The maximum Gasteiger partial charge on any atom is 0.223 e. The van der Waals surface area contributed by atoms with Crippen molar-refractivity contribution >= 4 is 40.1 Å². The molecule has 80 valence electrons. The first-order chi connectivity index (χ1) is 7.16. The molecule has 0 bridgehead atoms. The Morgan fingerprint density at radius 1 is 1.53 bits per heavy atom. The summed E-state index contributed by atoms with van der Waals surface area (Å²) in [5.41, 5.74) is 0.978. The second kappa shape index (κ2) is 4.70. The molecular weight excluding hydrogens is 324 g/mol. The van der Waals surface area contributed by atoms with Crippen LogP contribution in [0.25, 0.3) is 0 Å². The number of carbonyl (C=O) groups is 1. The van der Waals surface area contributed by atoms with E-state index in [1.54, 1.807) is 0 Å². The maximum absolute atomic E-state index is 11.4. The molecule has 1 aliphatic carbocycles. The average Bonchev–Trinajstić information content (AvgIpc) is 2.99. The van der Waals surface area contributed by atoms with Crippen LogP contribution in [0.2, 0.25) is 5.02 Å². The van der Waals surface area contributed by atoms with Gasteiger partial charge < -0.3 is 5.32 Å². The summed E-state index contributed by atoms with van der Waals surface area (Å²) in [6.07, 6.45) is 2.07. The second-order valence-electron chi connectivity index (χ2n) is 3.73. The standard InChI is InChI=1S/C11H11ClINO/c12-10-5-9(13)4-3-8(10)6-14-11(15)7-1-2-7/h3-5,7H,1-2,6H2,(H,14,15). The van der Waals surface area contributed by atoms with Crippen LogP contribution in [0.4, 0.5) is 0 Å². The van der Waals surface area contributed by atoms with Gasteiger partial charge in [-0.05, 0) is 53.1 Å². The van der Waals surface area contributed by atoms with Crippen molar-refractivity contribution in [1.82, 2.24) is 5.32 Å². The Hall–Kier alpha value is -0.290. The first-order valence-electron chi connectivity index (χ1n) is 4.88. The van der Waals surface area contributed by atoms with Gasteiger partial charge >= 0.3 is 0 Å². The summed E-state index contributed by atoms with van der Waals surface area (Å²) in [7, 11) is 0. The number of hydrogen-bond acceptors (Lipinski definition) is 1. The summed E-state index contributed by atoms with van der Waals surface area (Å²) < 4.78 is 1.11. The number of rotatable bonds is 3. The smallest absolute Gasteiger partial charge is 0.223 e.